The van der Waals surface area contributed by atoms with E-state index >= 15 is 0 Å². The molecule has 1 amide bonds. The molecule has 0 spiro atoms. The fourth-order valence-electron chi connectivity index (χ4n) is 2.49. The van der Waals surface area contributed by atoms with Crippen molar-refractivity contribution in [3.05, 3.63) is 76.1 Å². The molecule has 0 fully saturated rings. The Morgan fingerprint density at radius 1 is 1.09 bits per heavy atom. The van der Waals surface area contributed by atoms with Gasteiger partial charge in [-0.1, -0.05) is 35.9 Å². The van der Waals surface area contributed by atoms with Gasteiger partial charge in [-0.2, -0.15) is 0 Å². The SMILES string of the molecule is Cc1ccc(NC(=O)CCc2cc3ccccc3[nH]c2=O)cc1. The van der Waals surface area contributed by atoms with Crippen LogP contribution in [0.1, 0.15) is 17.5 Å². The van der Waals surface area contributed by atoms with Crippen molar-refractivity contribution in [1.29, 1.82) is 0 Å². The molecule has 0 aliphatic carbocycles. The van der Waals surface area contributed by atoms with Gasteiger partial charge >= 0.3 is 0 Å². The number of para-hydroxylation sites is 1. The number of aromatic amines is 1. The van der Waals surface area contributed by atoms with Crippen LogP contribution < -0.4 is 10.9 Å². The number of rotatable bonds is 4. The van der Waals surface area contributed by atoms with E-state index in [1.807, 2.05) is 61.5 Å². The Labute approximate surface area is 134 Å². The molecule has 2 N–H and O–H groups in total. The highest BCUT2D eigenvalue weighted by atomic mass is 16.1. The van der Waals surface area contributed by atoms with E-state index < -0.39 is 0 Å². The first kappa shape index (κ1) is 15.0. The van der Waals surface area contributed by atoms with Gasteiger partial charge in [0.05, 0.1) is 0 Å². The third-order valence-corrected chi connectivity index (χ3v) is 3.79. The van der Waals surface area contributed by atoms with Gasteiger partial charge in [-0.25, -0.2) is 0 Å². The average Bonchev–Trinajstić information content (AvgIpc) is 2.55. The molecule has 0 bridgehead atoms. The number of aromatic nitrogens is 1. The molecule has 1 heterocycles. The Kier molecular flexibility index (Phi) is 4.24. The number of amides is 1. The van der Waals surface area contributed by atoms with Crippen molar-refractivity contribution in [3.63, 3.8) is 0 Å². The molecule has 3 rings (SSSR count). The van der Waals surface area contributed by atoms with E-state index in [2.05, 4.69) is 10.3 Å². The third-order valence-electron chi connectivity index (χ3n) is 3.79. The molecule has 0 atom stereocenters. The van der Waals surface area contributed by atoms with Gasteiger partial charge in [0.1, 0.15) is 0 Å². The smallest absolute Gasteiger partial charge is 0.251 e. The summed E-state index contributed by atoms with van der Waals surface area (Å²) in [6.07, 6.45) is 0.688. The lowest BCUT2D eigenvalue weighted by Gasteiger charge is -2.06. The summed E-state index contributed by atoms with van der Waals surface area (Å²) in [7, 11) is 0. The monoisotopic (exact) mass is 306 g/mol. The maximum Gasteiger partial charge on any atom is 0.251 e. The first-order valence-electron chi connectivity index (χ1n) is 7.59. The summed E-state index contributed by atoms with van der Waals surface area (Å²) in [5.41, 5.74) is 3.22. The number of aryl methyl sites for hydroxylation is 2. The molecule has 0 aliphatic heterocycles. The quantitative estimate of drug-likeness (QED) is 0.776. The molecular formula is C19H18N2O2. The molecule has 0 radical (unpaired) electrons. The van der Waals surface area contributed by atoms with Crippen LogP contribution in [0.2, 0.25) is 0 Å². The molecule has 2 aromatic carbocycles. The zero-order valence-electron chi connectivity index (χ0n) is 12.9. The van der Waals surface area contributed by atoms with E-state index in [1.54, 1.807) is 0 Å². The van der Waals surface area contributed by atoms with Crippen molar-refractivity contribution in [2.75, 3.05) is 5.32 Å². The number of H-pyrrole nitrogens is 1. The number of hydrogen-bond donors (Lipinski definition) is 2. The zero-order valence-corrected chi connectivity index (χ0v) is 12.9. The predicted molar refractivity (Wildman–Crippen MR) is 92.7 cm³/mol. The van der Waals surface area contributed by atoms with Gasteiger partial charge in [-0.15, -0.1) is 0 Å². The number of fused-ring (bicyclic) bond motifs is 1. The van der Waals surface area contributed by atoms with Gasteiger partial charge in [0, 0.05) is 23.2 Å². The normalized spacial score (nSPS) is 10.7. The summed E-state index contributed by atoms with van der Waals surface area (Å²) < 4.78 is 0. The predicted octanol–water partition coefficient (Wildman–Crippen LogP) is 3.41. The molecule has 0 saturated heterocycles. The summed E-state index contributed by atoms with van der Waals surface area (Å²) >= 11 is 0. The average molecular weight is 306 g/mol. The number of hydrogen-bond acceptors (Lipinski definition) is 2. The summed E-state index contributed by atoms with van der Waals surface area (Å²) in [5.74, 6) is -0.0959. The van der Waals surface area contributed by atoms with Crippen LogP contribution in [0.3, 0.4) is 0 Å². The van der Waals surface area contributed by atoms with Gasteiger partial charge < -0.3 is 10.3 Å². The second kappa shape index (κ2) is 6.48. The van der Waals surface area contributed by atoms with Crippen molar-refractivity contribution >= 4 is 22.5 Å². The van der Waals surface area contributed by atoms with Crippen LogP contribution in [-0.2, 0) is 11.2 Å². The van der Waals surface area contributed by atoms with Crippen LogP contribution in [0, 0.1) is 6.92 Å². The van der Waals surface area contributed by atoms with Crippen LogP contribution in [0.25, 0.3) is 10.9 Å². The van der Waals surface area contributed by atoms with E-state index in [9.17, 15) is 9.59 Å². The molecule has 4 nitrogen and oxygen atoms in total. The summed E-state index contributed by atoms with van der Waals surface area (Å²) in [4.78, 5) is 26.9. The molecule has 1 aromatic heterocycles. The fraction of sp³-hybridized carbons (Fsp3) is 0.158. The van der Waals surface area contributed by atoms with Gasteiger partial charge in [-0.05, 0) is 43.0 Å². The third kappa shape index (κ3) is 3.66. The fourth-order valence-corrected chi connectivity index (χ4v) is 2.49. The van der Waals surface area contributed by atoms with Crippen LogP contribution in [-0.4, -0.2) is 10.9 Å². The van der Waals surface area contributed by atoms with E-state index in [0.717, 1.165) is 22.2 Å². The van der Waals surface area contributed by atoms with Crippen LogP contribution in [0.15, 0.2) is 59.4 Å². The van der Waals surface area contributed by atoms with Crippen molar-refractivity contribution < 1.29 is 4.79 Å². The van der Waals surface area contributed by atoms with E-state index in [0.29, 0.717) is 12.0 Å². The molecular weight excluding hydrogens is 288 g/mol. The van der Waals surface area contributed by atoms with Crippen molar-refractivity contribution in [3.8, 4) is 0 Å². The van der Waals surface area contributed by atoms with Crippen molar-refractivity contribution in [2.24, 2.45) is 0 Å². The van der Waals surface area contributed by atoms with Crippen LogP contribution >= 0.6 is 0 Å². The van der Waals surface area contributed by atoms with E-state index in [1.165, 1.54) is 0 Å². The van der Waals surface area contributed by atoms with Gasteiger partial charge in [0.15, 0.2) is 0 Å². The highest BCUT2D eigenvalue weighted by Crippen LogP contribution is 2.12. The topological polar surface area (TPSA) is 62.0 Å². The van der Waals surface area contributed by atoms with Gasteiger partial charge in [0.2, 0.25) is 5.91 Å². The Morgan fingerprint density at radius 2 is 1.83 bits per heavy atom. The van der Waals surface area contributed by atoms with Gasteiger partial charge in [-0.3, -0.25) is 9.59 Å². The van der Waals surface area contributed by atoms with Crippen LogP contribution in [0.4, 0.5) is 5.69 Å². The van der Waals surface area contributed by atoms with Crippen LogP contribution in [0.5, 0.6) is 0 Å². The first-order valence-corrected chi connectivity index (χ1v) is 7.59. The second-order valence-electron chi connectivity index (χ2n) is 5.63. The molecule has 0 saturated carbocycles. The molecule has 0 unspecified atom stereocenters. The van der Waals surface area contributed by atoms with E-state index in [4.69, 9.17) is 0 Å². The Hall–Kier alpha value is -2.88. The zero-order chi connectivity index (χ0) is 16.2. The molecule has 4 heteroatoms. The number of nitrogens with one attached hydrogen (secondary N) is 2. The Balaban J connectivity index is 1.68. The minimum Gasteiger partial charge on any atom is -0.326 e. The highest BCUT2D eigenvalue weighted by Gasteiger charge is 2.07. The lowest BCUT2D eigenvalue weighted by Crippen LogP contribution is -2.17. The standard InChI is InChI=1S/C19H18N2O2/c1-13-6-9-16(10-7-13)20-18(22)11-8-15-12-14-4-2-3-5-17(14)21-19(15)23/h2-7,9-10,12H,8,11H2,1H3,(H,20,22)(H,21,23). The summed E-state index contributed by atoms with van der Waals surface area (Å²) in [5, 5.41) is 3.82. The Morgan fingerprint density at radius 3 is 2.61 bits per heavy atom. The van der Waals surface area contributed by atoms with Crippen molar-refractivity contribution in [1.82, 2.24) is 4.98 Å². The summed E-state index contributed by atoms with van der Waals surface area (Å²) in [6, 6.07) is 17.1. The number of carbonyl (C=O) groups excluding carboxylic acids is 1. The number of carbonyl (C=O) groups is 1. The van der Waals surface area contributed by atoms with Gasteiger partial charge in [0.25, 0.3) is 5.56 Å². The maximum absolute atomic E-state index is 12.1. The minimum atomic E-state index is -0.133. The largest absolute Gasteiger partial charge is 0.326 e. The number of benzene rings is 2. The molecule has 23 heavy (non-hydrogen) atoms. The van der Waals surface area contributed by atoms with E-state index in [-0.39, 0.29) is 17.9 Å². The number of anilines is 1. The lowest BCUT2D eigenvalue weighted by atomic mass is 10.1. The van der Waals surface area contributed by atoms with Crippen molar-refractivity contribution in [2.45, 2.75) is 19.8 Å². The molecule has 0 aliphatic rings. The Bertz CT molecular complexity index is 895. The maximum atomic E-state index is 12.1. The highest BCUT2D eigenvalue weighted by molar-refractivity contribution is 5.90. The lowest BCUT2D eigenvalue weighted by molar-refractivity contribution is -0.116. The number of pyridine rings is 1. The second-order valence-corrected chi connectivity index (χ2v) is 5.63. The molecule has 3 aromatic rings. The molecule has 116 valence electrons. The summed E-state index contributed by atoms with van der Waals surface area (Å²) in [6.45, 7) is 2.00. The minimum absolute atomic E-state index is 0.0959. The first-order chi connectivity index (χ1) is 11.1.